The molecule has 1 aliphatic rings. The van der Waals surface area contributed by atoms with Crippen LogP contribution in [-0.2, 0) is 11.2 Å². The molecule has 2 nitrogen and oxygen atoms in total. The molecule has 2 rings (SSSR count). The predicted octanol–water partition coefficient (Wildman–Crippen LogP) is 2.63. The molecule has 17 heavy (non-hydrogen) atoms. The largest absolute Gasteiger partial charge is 0.378 e. The van der Waals surface area contributed by atoms with Gasteiger partial charge in [-0.2, -0.15) is 0 Å². The molecule has 1 aromatic carbocycles. The van der Waals surface area contributed by atoms with E-state index in [1.807, 2.05) is 0 Å². The van der Waals surface area contributed by atoms with Crippen molar-refractivity contribution < 1.29 is 4.74 Å². The summed E-state index contributed by atoms with van der Waals surface area (Å²) < 4.78 is 5.69. The average Bonchev–Trinajstić information content (AvgIpc) is 2.83. The van der Waals surface area contributed by atoms with Gasteiger partial charge in [-0.25, -0.2) is 0 Å². The van der Waals surface area contributed by atoms with E-state index in [1.54, 1.807) is 0 Å². The van der Waals surface area contributed by atoms with Crippen molar-refractivity contribution in [1.82, 2.24) is 5.32 Å². The van der Waals surface area contributed by atoms with Crippen molar-refractivity contribution in [3.8, 4) is 0 Å². The van der Waals surface area contributed by atoms with E-state index in [1.165, 1.54) is 12.0 Å². The SMILES string of the molecule is CCC1OCCC1CNCCc1ccccc1. The summed E-state index contributed by atoms with van der Waals surface area (Å²) in [6.45, 7) is 5.33. The fraction of sp³-hybridized carbons (Fsp3) is 0.600. The molecular formula is C15H23NO. The highest BCUT2D eigenvalue weighted by Crippen LogP contribution is 2.22. The van der Waals surface area contributed by atoms with Gasteiger partial charge >= 0.3 is 0 Å². The fourth-order valence-corrected chi connectivity index (χ4v) is 2.54. The second-order valence-corrected chi connectivity index (χ2v) is 4.81. The van der Waals surface area contributed by atoms with Gasteiger partial charge in [0, 0.05) is 13.2 Å². The minimum Gasteiger partial charge on any atom is -0.378 e. The van der Waals surface area contributed by atoms with Crippen molar-refractivity contribution in [1.29, 1.82) is 0 Å². The molecule has 1 aliphatic heterocycles. The Kier molecular flexibility index (Phi) is 5.02. The van der Waals surface area contributed by atoms with Crippen LogP contribution >= 0.6 is 0 Å². The first-order valence-corrected chi connectivity index (χ1v) is 6.76. The van der Waals surface area contributed by atoms with Crippen molar-refractivity contribution in [3.05, 3.63) is 35.9 Å². The second kappa shape index (κ2) is 6.77. The number of rotatable bonds is 6. The lowest BCUT2D eigenvalue weighted by atomic mass is 9.99. The zero-order chi connectivity index (χ0) is 11.9. The fourth-order valence-electron chi connectivity index (χ4n) is 2.54. The van der Waals surface area contributed by atoms with Gasteiger partial charge < -0.3 is 10.1 Å². The lowest BCUT2D eigenvalue weighted by Crippen LogP contribution is -2.29. The summed E-state index contributed by atoms with van der Waals surface area (Å²) in [5.41, 5.74) is 1.41. The standard InChI is InChI=1S/C15H23NO/c1-2-15-14(9-11-17-15)12-16-10-8-13-6-4-3-5-7-13/h3-7,14-16H,2,8-12H2,1H3. The van der Waals surface area contributed by atoms with Gasteiger partial charge in [0.1, 0.15) is 0 Å². The van der Waals surface area contributed by atoms with E-state index in [0.717, 1.165) is 38.5 Å². The first-order valence-electron chi connectivity index (χ1n) is 6.76. The highest BCUT2D eigenvalue weighted by Gasteiger charge is 2.25. The summed E-state index contributed by atoms with van der Waals surface area (Å²) in [4.78, 5) is 0. The van der Waals surface area contributed by atoms with E-state index in [-0.39, 0.29) is 0 Å². The molecule has 1 heterocycles. The van der Waals surface area contributed by atoms with E-state index in [0.29, 0.717) is 6.10 Å². The molecule has 2 unspecified atom stereocenters. The normalized spacial score (nSPS) is 24.1. The van der Waals surface area contributed by atoms with Crippen molar-refractivity contribution in [2.24, 2.45) is 5.92 Å². The third-order valence-electron chi connectivity index (χ3n) is 3.59. The van der Waals surface area contributed by atoms with Gasteiger partial charge in [-0.05, 0) is 37.3 Å². The summed E-state index contributed by atoms with van der Waals surface area (Å²) in [6.07, 6.45) is 3.96. The molecule has 1 N–H and O–H groups in total. The van der Waals surface area contributed by atoms with Gasteiger partial charge in [0.2, 0.25) is 0 Å². The van der Waals surface area contributed by atoms with Crippen LogP contribution in [0.1, 0.15) is 25.3 Å². The Morgan fingerprint density at radius 3 is 2.88 bits per heavy atom. The van der Waals surface area contributed by atoms with Crippen molar-refractivity contribution in [3.63, 3.8) is 0 Å². The Morgan fingerprint density at radius 1 is 1.29 bits per heavy atom. The van der Waals surface area contributed by atoms with Crippen LogP contribution in [0.15, 0.2) is 30.3 Å². The Bertz CT molecular complexity index is 312. The molecule has 0 bridgehead atoms. The number of nitrogens with one attached hydrogen (secondary N) is 1. The van der Waals surface area contributed by atoms with Gasteiger partial charge in [0.05, 0.1) is 6.10 Å². The van der Waals surface area contributed by atoms with Crippen LogP contribution in [0.3, 0.4) is 0 Å². The van der Waals surface area contributed by atoms with Crippen LogP contribution in [0.4, 0.5) is 0 Å². The first kappa shape index (κ1) is 12.6. The van der Waals surface area contributed by atoms with Crippen LogP contribution < -0.4 is 5.32 Å². The molecule has 0 radical (unpaired) electrons. The first-order chi connectivity index (χ1) is 8.40. The molecule has 0 amide bonds. The maximum Gasteiger partial charge on any atom is 0.0613 e. The van der Waals surface area contributed by atoms with E-state index < -0.39 is 0 Å². The highest BCUT2D eigenvalue weighted by molar-refractivity contribution is 5.14. The van der Waals surface area contributed by atoms with Crippen LogP contribution in [0.2, 0.25) is 0 Å². The summed E-state index contributed by atoms with van der Waals surface area (Å²) in [5.74, 6) is 0.718. The molecule has 0 spiro atoms. The van der Waals surface area contributed by atoms with Gasteiger partial charge in [-0.1, -0.05) is 37.3 Å². The highest BCUT2D eigenvalue weighted by atomic mass is 16.5. The lowest BCUT2D eigenvalue weighted by molar-refractivity contribution is 0.0873. The predicted molar refractivity (Wildman–Crippen MR) is 71.2 cm³/mol. The summed E-state index contributed by atoms with van der Waals surface area (Å²) in [5, 5.41) is 3.56. The maximum atomic E-state index is 5.69. The number of ether oxygens (including phenoxy) is 1. The Hall–Kier alpha value is -0.860. The third-order valence-corrected chi connectivity index (χ3v) is 3.59. The van der Waals surface area contributed by atoms with Crippen LogP contribution in [0.25, 0.3) is 0 Å². The summed E-state index contributed by atoms with van der Waals surface area (Å²) >= 11 is 0. The average molecular weight is 233 g/mol. The number of benzene rings is 1. The monoisotopic (exact) mass is 233 g/mol. The van der Waals surface area contributed by atoms with Crippen LogP contribution in [-0.4, -0.2) is 25.8 Å². The summed E-state index contributed by atoms with van der Waals surface area (Å²) in [6, 6.07) is 10.7. The Labute approximate surface area is 104 Å². The van der Waals surface area contributed by atoms with E-state index in [4.69, 9.17) is 4.74 Å². The van der Waals surface area contributed by atoms with Crippen molar-refractivity contribution in [2.75, 3.05) is 19.7 Å². The molecule has 0 aromatic heterocycles. The molecule has 2 atom stereocenters. The topological polar surface area (TPSA) is 21.3 Å². The molecule has 2 heteroatoms. The Balaban J connectivity index is 1.63. The second-order valence-electron chi connectivity index (χ2n) is 4.81. The van der Waals surface area contributed by atoms with E-state index in [9.17, 15) is 0 Å². The number of hydrogen-bond donors (Lipinski definition) is 1. The minimum atomic E-state index is 0.485. The van der Waals surface area contributed by atoms with E-state index in [2.05, 4.69) is 42.6 Å². The molecule has 1 saturated heterocycles. The molecule has 0 aliphatic carbocycles. The van der Waals surface area contributed by atoms with E-state index >= 15 is 0 Å². The number of hydrogen-bond acceptors (Lipinski definition) is 2. The molecular weight excluding hydrogens is 210 g/mol. The Morgan fingerprint density at radius 2 is 2.12 bits per heavy atom. The van der Waals surface area contributed by atoms with Gasteiger partial charge in [0.15, 0.2) is 0 Å². The molecule has 1 aromatic rings. The van der Waals surface area contributed by atoms with Crippen LogP contribution in [0.5, 0.6) is 0 Å². The van der Waals surface area contributed by atoms with Gasteiger partial charge in [0.25, 0.3) is 0 Å². The van der Waals surface area contributed by atoms with Gasteiger partial charge in [-0.15, -0.1) is 0 Å². The minimum absolute atomic E-state index is 0.485. The third kappa shape index (κ3) is 3.83. The van der Waals surface area contributed by atoms with Crippen molar-refractivity contribution in [2.45, 2.75) is 32.3 Å². The zero-order valence-corrected chi connectivity index (χ0v) is 10.7. The maximum absolute atomic E-state index is 5.69. The smallest absolute Gasteiger partial charge is 0.0613 e. The lowest BCUT2D eigenvalue weighted by Gasteiger charge is -2.17. The van der Waals surface area contributed by atoms with Crippen LogP contribution in [0, 0.1) is 5.92 Å². The summed E-state index contributed by atoms with van der Waals surface area (Å²) in [7, 11) is 0. The molecule has 94 valence electrons. The van der Waals surface area contributed by atoms with Crippen molar-refractivity contribution >= 4 is 0 Å². The zero-order valence-electron chi connectivity index (χ0n) is 10.7. The molecule has 0 saturated carbocycles. The van der Waals surface area contributed by atoms with Gasteiger partial charge in [-0.3, -0.25) is 0 Å². The quantitative estimate of drug-likeness (QED) is 0.763. The molecule has 1 fully saturated rings.